The maximum atomic E-state index is 6.53. The third kappa shape index (κ3) is 7.00. The molecule has 3 heterocycles. The molecule has 8 aromatic carbocycles. The third-order valence-electron chi connectivity index (χ3n) is 10.9. The van der Waals surface area contributed by atoms with Gasteiger partial charge in [-0.05, 0) is 39.3 Å². The van der Waals surface area contributed by atoms with Gasteiger partial charge in [-0.2, -0.15) is 0 Å². The van der Waals surface area contributed by atoms with E-state index in [0.717, 1.165) is 88.6 Å². The van der Waals surface area contributed by atoms with Crippen LogP contribution >= 0.6 is 0 Å². The van der Waals surface area contributed by atoms with Crippen molar-refractivity contribution >= 4 is 67.8 Å². The number of nitrogens with zero attached hydrogens (tertiary/aromatic N) is 3. The van der Waals surface area contributed by atoms with Crippen LogP contribution in [-0.2, 0) is 20.1 Å². The van der Waals surface area contributed by atoms with E-state index in [9.17, 15) is 0 Å². The van der Waals surface area contributed by atoms with Gasteiger partial charge in [-0.25, -0.2) is 0 Å². The number of furan rings is 1. The Morgan fingerprint density at radius 3 is 2.02 bits per heavy atom. The van der Waals surface area contributed by atoms with Crippen molar-refractivity contribution in [1.82, 2.24) is 14.5 Å². The Bertz CT molecular complexity index is 3260. The van der Waals surface area contributed by atoms with E-state index in [1.54, 1.807) is 0 Å². The van der Waals surface area contributed by atoms with Gasteiger partial charge in [0.1, 0.15) is 5.58 Å². The Morgan fingerprint density at radius 2 is 1.27 bits per heavy atom. The number of hydrogen-bond acceptors (Lipinski definition) is 3. The molecule has 0 saturated heterocycles. The van der Waals surface area contributed by atoms with Crippen LogP contribution in [0.1, 0.15) is 0 Å². The molecule has 0 saturated carbocycles. The van der Waals surface area contributed by atoms with Crippen molar-refractivity contribution in [2.75, 3.05) is 0 Å². The van der Waals surface area contributed by atoms with E-state index in [0.29, 0.717) is 0 Å². The van der Waals surface area contributed by atoms with Crippen LogP contribution in [0, 0.1) is 12.1 Å². The third-order valence-corrected chi connectivity index (χ3v) is 13.0. The van der Waals surface area contributed by atoms with Crippen LogP contribution in [0.25, 0.3) is 94.0 Å². The van der Waals surface area contributed by atoms with E-state index in [1.165, 1.54) is 10.6 Å². The molecule has 6 heteroatoms. The van der Waals surface area contributed by atoms with Gasteiger partial charge in [-0.1, -0.05) is 158 Å². The molecular weight excluding hydrogens is 915 g/mol. The van der Waals surface area contributed by atoms with Gasteiger partial charge in [-0.3, -0.25) is 4.98 Å². The molecule has 0 bridgehead atoms. The molecule has 4 nitrogen and oxygen atoms in total. The van der Waals surface area contributed by atoms with Crippen molar-refractivity contribution < 1.29 is 24.5 Å². The zero-order valence-electron chi connectivity index (χ0n) is 32.9. The predicted octanol–water partition coefficient (Wildman–Crippen LogP) is 13.5. The van der Waals surface area contributed by atoms with Crippen molar-refractivity contribution in [1.29, 1.82) is 0 Å². The smallest absolute Gasteiger partial charge is 0.120 e. The molecule has 0 aliphatic rings. The molecule has 3 aromatic heterocycles. The number of fused-ring (bicyclic) bond motifs is 7. The molecule has 0 atom stereocenters. The molecule has 287 valence electrons. The fraction of sp³-hybridized carbons (Fsp3) is 0.0566. The Hall–Kier alpha value is -6.43. The molecule has 0 amide bonds. The van der Waals surface area contributed by atoms with Crippen LogP contribution < -0.4 is 5.19 Å². The van der Waals surface area contributed by atoms with Crippen molar-refractivity contribution in [3.63, 3.8) is 0 Å². The quantitative estimate of drug-likeness (QED) is 0.128. The zero-order valence-corrected chi connectivity index (χ0v) is 36.3. The molecule has 0 N–H and O–H groups in total. The van der Waals surface area contributed by atoms with E-state index in [1.807, 2.05) is 48.7 Å². The topological polar surface area (TPSA) is 43.9 Å². The summed E-state index contributed by atoms with van der Waals surface area (Å²) in [7, 11) is -1.23. The monoisotopic (exact) mass is 954 g/mol. The Kier molecular flexibility index (Phi) is 10.2. The van der Waals surface area contributed by atoms with E-state index < -0.39 is 8.07 Å². The van der Waals surface area contributed by atoms with E-state index in [4.69, 9.17) is 9.40 Å². The number of imidazole rings is 1. The van der Waals surface area contributed by atoms with Crippen LogP contribution in [0.2, 0.25) is 19.6 Å². The van der Waals surface area contributed by atoms with Crippen molar-refractivity contribution in [3.8, 4) is 39.5 Å². The van der Waals surface area contributed by atoms with Gasteiger partial charge < -0.3 is 14.0 Å². The number of pyridine rings is 1. The first-order chi connectivity index (χ1) is 28.4. The van der Waals surface area contributed by atoms with Gasteiger partial charge in [-0.15, -0.1) is 54.1 Å². The molecule has 1 radical (unpaired) electrons. The Morgan fingerprint density at radius 1 is 0.576 bits per heavy atom. The standard InChI is InChI=1S/C39H23N2O.C14H16NSi.Ir/c1-2-11-25(12-3-1)30-23-21-27-14-5-7-16-29(27)37(30)41-34-24-22-26-13-4-6-15-28(26)36(34)40-39(41)33-19-10-18-32-31-17-8-9-20-35(31)42-38(32)33;1-16(2,3)13-9-10-14(15-11-13)12-7-5-4-6-8-12;/h1-18,20-24H;4-7,9-11H,1-3H3;/q2*-1;. The summed E-state index contributed by atoms with van der Waals surface area (Å²) in [6.45, 7) is 7.00. The van der Waals surface area contributed by atoms with Gasteiger partial charge in [0.15, 0.2) is 0 Å². The second-order valence-electron chi connectivity index (χ2n) is 15.6. The summed E-state index contributed by atoms with van der Waals surface area (Å²) in [5.74, 6) is 0.805. The van der Waals surface area contributed by atoms with Crippen LogP contribution in [0.5, 0.6) is 0 Å². The Labute approximate surface area is 358 Å². The molecule has 0 spiro atoms. The first-order valence-corrected chi connectivity index (χ1v) is 23.2. The summed E-state index contributed by atoms with van der Waals surface area (Å²) in [6, 6.07) is 67.7. The summed E-state index contributed by atoms with van der Waals surface area (Å²) in [5, 5.41) is 8.15. The number of para-hydroxylation sites is 1. The number of aromatic nitrogens is 3. The first kappa shape index (κ1) is 38.1. The molecule has 0 aliphatic carbocycles. The minimum Gasteiger partial charge on any atom is -0.501 e. The largest absolute Gasteiger partial charge is 0.501 e. The molecule has 59 heavy (non-hydrogen) atoms. The molecular formula is C53H39IrN3OSi-2. The number of rotatable bonds is 5. The normalized spacial score (nSPS) is 11.5. The summed E-state index contributed by atoms with van der Waals surface area (Å²) >= 11 is 0. The maximum absolute atomic E-state index is 6.53. The maximum Gasteiger partial charge on any atom is 0.120 e. The minimum absolute atomic E-state index is 0. The number of benzene rings is 8. The zero-order chi connectivity index (χ0) is 39.2. The van der Waals surface area contributed by atoms with Crippen molar-refractivity contribution in [2.45, 2.75) is 19.6 Å². The Balaban J connectivity index is 0.000000224. The van der Waals surface area contributed by atoms with Crippen LogP contribution in [0.4, 0.5) is 0 Å². The van der Waals surface area contributed by atoms with Crippen LogP contribution in [-0.4, -0.2) is 22.6 Å². The molecule has 0 aliphatic heterocycles. The van der Waals surface area contributed by atoms with E-state index in [-0.39, 0.29) is 20.1 Å². The van der Waals surface area contributed by atoms with Crippen molar-refractivity contribution in [2.24, 2.45) is 0 Å². The van der Waals surface area contributed by atoms with Crippen molar-refractivity contribution in [3.05, 3.63) is 194 Å². The fourth-order valence-corrected chi connectivity index (χ4v) is 8.99. The van der Waals surface area contributed by atoms with E-state index >= 15 is 0 Å². The van der Waals surface area contributed by atoms with Gasteiger partial charge in [0.2, 0.25) is 0 Å². The second kappa shape index (κ2) is 15.7. The van der Waals surface area contributed by atoms with Crippen LogP contribution in [0.15, 0.2) is 187 Å². The summed E-state index contributed by atoms with van der Waals surface area (Å²) in [4.78, 5) is 9.94. The minimum atomic E-state index is -1.23. The van der Waals surface area contributed by atoms with Crippen LogP contribution in [0.3, 0.4) is 0 Å². The van der Waals surface area contributed by atoms with E-state index in [2.05, 4.69) is 175 Å². The molecule has 11 rings (SSSR count). The first-order valence-electron chi connectivity index (χ1n) is 19.7. The van der Waals surface area contributed by atoms with Gasteiger partial charge in [0.25, 0.3) is 0 Å². The average Bonchev–Trinajstić information content (AvgIpc) is 3.86. The summed E-state index contributed by atoms with van der Waals surface area (Å²) < 4.78 is 8.85. The molecule has 0 unspecified atom stereocenters. The average molecular weight is 954 g/mol. The van der Waals surface area contributed by atoms with Gasteiger partial charge in [0, 0.05) is 48.0 Å². The van der Waals surface area contributed by atoms with Gasteiger partial charge >= 0.3 is 0 Å². The fourth-order valence-electron chi connectivity index (χ4n) is 7.96. The summed E-state index contributed by atoms with van der Waals surface area (Å²) in [6.07, 6.45) is 2.02. The molecule has 0 fully saturated rings. The van der Waals surface area contributed by atoms with Gasteiger partial charge in [0.05, 0.1) is 36.2 Å². The second-order valence-corrected chi connectivity index (χ2v) is 20.7. The molecule has 11 aromatic rings. The predicted molar refractivity (Wildman–Crippen MR) is 245 cm³/mol. The number of hydrogen-bond donors (Lipinski definition) is 0. The SMILES string of the molecule is C[Si](C)(C)c1ccc(-c2[c-]cccc2)nc1.[Ir].[c-]1ccc2c(oc3ccccc32)c1-c1nc2c3ccccc3ccc2n1-c1c(-c2ccccc2)ccc2ccccc12. The summed E-state index contributed by atoms with van der Waals surface area (Å²) in [5.41, 5.74) is 9.93.